The summed E-state index contributed by atoms with van der Waals surface area (Å²) in [5.74, 6) is 1.84. The van der Waals surface area contributed by atoms with Gasteiger partial charge in [-0.05, 0) is 69.6 Å². The van der Waals surface area contributed by atoms with Gasteiger partial charge in [-0.1, -0.05) is 73.8 Å². The van der Waals surface area contributed by atoms with Crippen molar-refractivity contribution in [3.05, 3.63) is 145 Å². The molecular formula is C41H36O8. The topological polar surface area (TPSA) is 89.5 Å². The zero-order valence-electron chi connectivity index (χ0n) is 27.4. The van der Waals surface area contributed by atoms with Gasteiger partial charge in [-0.15, -0.1) is 0 Å². The summed E-state index contributed by atoms with van der Waals surface area (Å²) in [5.41, 5.74) is 5.49. The number of rotatable bonds is 14. The van der Waals surface area contributed by atoms with E-state index in [1.807, 2.05) is 48.5 Å². The van der Waals surface area contributed by atoms with Crippen LogP contribution in [0.15, 0.2) is 122 Å². The highest BCUT2D eigenvalue weighted by Crippen LogP contribution is 2.60. The molecule has 0 radical (unpaired) electrons. The molecule has 49 heavy (non-hydrogen) atoms. The van der Waals surface area contributed by atoms with Crippen LogP contribution in [-0.4, -0.2) is 52.6 Å². The Morgan fingerprint density at radius 2 is 1.08 bits per heavy atom. The number of hydrogen-bond donors (Lipinski definition) is 0. The zero-order chi connectivity index (χ0) is 34.4. The lowest BCUT2D eigenvalue weighted by atomic mass is 9.67. The summed E-state index contributed by atoms with van der Waals surface area (Å²) < 4.78 is 33.7. The smallest absolute Gasteiger partial charge is 0.330 e. The predicted octanol–water partition coefficient (Wildman–Crippen LogP) is 7.44. The van der Waals surface area contributed by atoms with Crippen molar-refractivity contribution < 1.29 is 38.0 Å². The molecule has 0 unspecified atom stereocenters. The maximum absolute atomic E-state index is 11.4. The summed E-state index contributed by atoms with van der Waals surface area (Å²) >= 11 is 0. The van der Waals surface area contributed by atoms with E-state index in [-0.39, 0.29) is 26.4 Å². The van der Waals surface area contributed by atoms with Gasteiger partial charge in [-0.2, -0.15) is 0 Å². The first-order chi connectivity index (χ1) is 24.0. The fourth-order valence-electron chi connectivity index (χ4n) is 6.62. The van der Waals surface area contributed by atoms with Gasteiger partial charge in [0.25, 0.3) is 0 Å². The van der Waals surface area contributed by atoms with Gasteiger partial charge in [0.05, 0.1) is 19.6 Å². The molecule has 0 bridgehead atoms. The monoisotopic (exact) mass is 656 g/mol. The van der Waals surface area contributed by atoms with Crippen molar-refractivity contribution in [1.29, 1.82) is 0 Å². The molecule has 0 spiro atoms. The number of methoxy groups -OCH3 is 2. The summed E-state index contributed by atoms with van der Waals surface area (Å²) in [6.07, 6.45) is 2.25. The van der Waals surface area contributed by atoms with Crippen molar-refractivity contribution in [3.63, 3.8) is 0 Å². The molecule has 6 rings (SSSR count). The second-order valence-corrected chi connectivity index (χ2v) is 11.2. The molecule has 0 fully saturated rings. The predicted molar refractivity (Wildman–Crippen MR) is 188 cm³/mol. The molecule has 0 saturated carbocycles. The van der Waals surface area contributed by atoms with Crippen molar-refractivity contribution in [2.75, 3.05) is 40.6 Å². The number of carbonyl (C=O) groups is 2. The molecule has 8 nitrogen and oxygen atoms in total. The first-order valence-corrected chi connectivity index (χ1v) is 15.8. The Bertz CT molecular complexity index is 1940. The lowest BCUT2D eigenvalue weighted by Crippen LogP contribution is -2.28. The largest absolute Gasteiger partial charge is 0.496 e. The highest BCUT2D eigenvalue weighted by atomic mass is 16.6. The van der Waals surface area contributed by atoms with Crippen LogP contribution in [0, 0.1) is 0 Å². The first kappa shape index (κ1) is 32.9. The van der Waals surface area contributed by atoms with Crippen LogP contribution in [0.2, 0.25) is 0 Å². The van der Waals surface area contributed by atoms with Crippen LogP contribution < -0.4 is 18.9 Å². The molecule has 0 aromatic heterocycles. The Morgan fingerprint density at radius 1 is 0.571 bits per heavy atom. The quantitative estimate of drug-likeness (QED) is 0.0680. The Balaban J connectivity index is 1.49. The van der Waals surface area contributed by atoms with E-state index in [2.05, 4.69) is 61.7 Å². The van der Waals surface area contributed by atoms with Gasteiger partial charge in [0, 0.05) is 23.1 Å². The van der Waals surface area contributed by atoms with Crippen LogP contribution >= 0.6 is 0 Å². The minimum atomic E-state index is -0.757. The van der Waals surface area contributed by atoms with Gasteiger partial charge < -0.3 is 28.4 Å². The Labute approximate surface area is 285 Å². The van der Waals surface area contributed by atoms with Crippen LogP contribution in [0.4, 0.5) is 0 Å². The average Bonchev–Trinajstić information content (AvgIpc) is 3.46. The number of hydrogen-bond acceptors (Lipinski definition) is 8. The lowest BCUT2D eigenvalue weighted by Gasteiger charge is -2.34. The highest BCUT2D eigenvalue weighted by Gasteiger charge is 2.48. The molecule has 5 aromatic carbocycles. The second-order valence-electron chi connectivity index (χ2n) is 11.2. The lowest BCUT2D eigenvalue weighted by molar-refractivity contribution is -0.139. The normalized spacial score (nSPS) is 12.3. The van der Waals surface area contributed by atoms with Crippen molar-refractivity contribution >= 4 is 22.7 Å². The van der Waals surface area contributed by atoms with E-state index in [4.69, 9.17) is 28.4 Å². The molecule has 0 saturated heterocycles. The molecule has 0 amide bonds. The number of fused-ring (bicyclic) bond motifs is 5. The summed E-state index contributed by atoms with van der Waals surface area (Å²) in [4.78, 5) is 22.9. The summed E-state index contributed by atoms with van der Waals surface area (Å²) in [5, 5.41) is 2.05. The number of ether oxygens (including phenoxy) is 6. The number of esters is 2. The SMILES string of the molecule is C=CC(=O)OCCOc1ccc(C2(c3ccc(OCCOC(=O)C=C)cc3)c3cccc(OC)c3-c3c2ccc2c(OC)cccc32)cc1. The van der Waals surface area contributed by atoms with Crippen molar-refractivity contribution in [2.45, 2.75) is 5.41 Å². The van der Waals surface area contributed by atoms with Gasteiger partial charge in [0.15, 0.2) is 0 Å². The summed E-state index contributed by atoms with van der Waals surface area (Å²) in [7, 11) is 3.37. The van der Waals surface area contributed by atoms with E-state index in [1.54, 1.807) is 14.2 Å². The molecule has 8 heteroatoms. The Kier molecular flexibility index (Phi) is 9.67. The number of benzene rings is 5. The molecular weight excluding hydrogens is 620 g/mol. The van der Waals surface area contributed by atoms with Crippen molar-refractivity contribution in [1.82, 2.24) is 0 Å². The van der Waals surface area contributed by atoms with E-state index < -0.39 is 17.4 Å². The fourth-order valence-corrected chi connectivity index (χ4v) is 6.62. The second kappa shape index (κ2) is 14.4. The van der Waals surface area contributed by atoms with Crippen molar-refractivity contribution in [2.24, 2.45) is 0 Å². The maximum Gasteiger partial charge on any atom is 0.330 e. The minimum absolute atomic E-state index is 0.110. The van der Waals surface area contributed by atoms with Gasteiger partial charge in [-0.25, -0.2) is 9.59 Å². The maximum atomic E-state index is 11.4. The zero-order valence-corrected chi connectivity index (χ0v) is 27.4. The Hall–Kier alpha value is -6.02. The minimum Gasteiger partial charge on any atom is -0.496 e. The van der Waals surface area contributed by atoms with Crippen LogP contribution in [0.25, 0.3) is 21.9 Å². The fraction of sp³-hybridized carbons (Fsp3) is 0.171. The third kappa shape index (κ3) is 6.09. The molecule has 0 N–H and O–H groups in total. The summed E-state index contributed by atoms with van der Waals surface area (Å²) in [6.45, 7) is 7.46. The molecule has 5 aromatic rings. The van der Waals surface area contributed by atoms with Crippen LogP contribution in [0.3, 0.4) is 0 Å². The molecule has 1 aliphatic carbocycles. The van der Waals surface area contributed by atoms with Crippen LogP contribution in [0.1, 0.15) is 22.3 Å². The molecule has 0 atom stereocenters. The van der Waals surface area contributed by atoms with E-state index >= 15 is 0 Å². The third-order valence-corrected chi connectivity index (χ3v) is 8.65. The third-order valence-electron chi connectivity index (χ3n) is 8.65. The van der Waals surface area contributed by atoms with E-state index in [9.17, 15) is 9.59 Å². The van der Waals surface area contributed by atoms with E-state index in [1.165, 1.54) is 0 Å². The van der Waals surface area contributed by atoms with Gasteiger partial charge in [0.2, 0.25) is 0 Å². The van der Waals surface area contributed by atoms with E-state index in [0.717, 1.165) is 67.8 Å². The molecule has 0 heterocycles. The van der Waals surface area contributed by atoms with Gasteiger partial charge in [-0.3, -0.25) is 0 Å². The Morgan fingerprint density at radius 3 is 1.61 bits per heavy atom. The molecule has 0 aliphatic heterocycles. The van der Waals surface area contributed by atoms with Crippen LogP contribution in [0.5, 0.6) is 23.0 Å². The van der Waals surface area contributed by atoms with Gasteiger partial charge >= 0.3 is 11.9 Å². The standard InChI is InChI=1S/C41H36O8/c1-5-37(42)48-25-23-46-29-17-13-27(14-18-29)41(28-15-19-30(20-16-28)47-24-26-49-38(43)6-2)33-10-8-12-36(45-4)40(33)39-32-9-7-11-35(44-3)31(32)21-22-34(39)41/h5-22H,1-2,23-26H2,3-4H3. The molecule has 248 valence electrons. The molecule has 1 aliphatic rings. The van der Waals surface area contributed by atoms with Crippen molar-refractivity contribution in [3.8, 4) is 34.1 Å². The highest BCUT2D eigenvalue weighted by molar-refractivity contribution is 6.07. The van der Waals surface area contributed by atoms with Gasteiger partial charge in [0.1, 0.15) is 49.4 Å². The summed E-state index contributed by atoms with van der Waals surface area (Å²) in [6, 6.07) is 32.5. The average molecular weight is 657 g/mol. The number of carbonyl (C=O) groups excluding carboxylic acids is 2. The van der Waals surface area contributed by atoms with E-state index in [0.29, 0.717) is 11.5 Å². The van der Waals surface area contributed by atoms with Crippen LogP contribution in [-0.2, 0) is 24.5 Å². The first-order valence-electron chi connectivity index (χ1n) is 15.8.